The zero-order valence-electron chi connectivity index (χ0n) is 5.26. The van der Waals surface area contributed by atoms with Gasteiger partial charge in [0, 0.05) is 14.2 Å². The summed E-state index contributed by atoms with van der Waals surface area (Å²) in [6, 6.07) is 0. The van der Waals surface area contributed by atoms with Gasteiger partial charge in [-0.1, -0.05) is 6.08 Å². The van der Waals surface area contributed by atoms with E-state index in [4.69, 9.17) is 9.47 Å². The summed E-state index contributed by atoms with van der Waals surface area (Å²) in [5.74, 6) is 0. The Hall–Kier alpha value is -0.340. The second kappa shape index (κ2) is 4.81. The van der Waals surface area contributed by atoms with Gasteiger partial charge in [0.25, 0.3) is 0 Å². The molecule has 0 aromatic heterocycles. The fourth-order valence-corrected chi connectivity index (χ4v) is 0.364. The van der Waals surface area contributed by atoms with Crippen LogP contribution in [0.1, 0.15) is 0 Å². The Morgan fingerprint density at radius 3 is 2.00 bits per heavy atom. The first kappa shape index (κ1) is 7.66. The zero-order valence-corrected chi connectivity index (χ0v) is 5.26. The van der Waals surface area contributed by atoms with Gasteiger partial charge in [-0.15, -0.1) is 0 Å². The molecule has 0 N–H and O–H groups in total. The van der Waals surface area contributed by atoms with Crippen LogP contribution in [0.2, 0.25) is 0 Å². The monoisotopic (exact) mass is 115 g/mol. The molecule has 0 bridgehead atoms. The van der Waals surface area contributed by atoms with E-state index in [0.29, 0.717) is 0 Å². The number of ether oxygens (including phenoxy) is 2. The second-order valence-electron chi connectivity index (χ2n) is 1.27. The van der Waals surface area contributed by atoms with Crippen molar-refractivity contribution in [3.63, 3.8) is 0 Å². The van der Waals surface area contributed by atoms with Gasteiger partial charge in [0.15, 0.2) is 6.29 Å². The van der Waals surface area contributed by atoms with Crippen LogP contribution in [0.15, 0.2) is 12.2 Å². The van der Waals surface area contributed by atoms with Gasteiger partial charge in [0.05, 0.1) is 0 Å². The van der Waals surface area contributed by atoms with Crippen molar-refractivity contribution < 1.29 is 9.47 Å². The summed E-state index contributed by atoms with van der Waals surface area (Å²) in [5.41, 5.74) is 0. The van der Waals surface area contributed by atoms with E-state index in [1.54, 1.807) is 26.4 Å². The van der Waals surface area contributed by atoms with Gasteiger partial charge >= 0.3 is 0 Å². The van der Waals surface area contributed by atoms with Gasteiger partial charge < -0.3 is 9.47 Å². The number of allylic oxidation sites excluding steroid dienone is 1. The molecule has 0 amide bonds. The Morgan fingerprint density at radius 1 is 1.38 bits per heavy atom. The highest BCUT2D eigenvalue weighted by Gasteiger charge is 1.93. The topological polar surface area (TPSA) is 18.5 Å². The molecule has 0 aromatic carbocycles. The molecule has 2 nitrogen and oxygen atoms in total. The predicted octanol–water partition coefficient (Wildman–Crippen LogP) is 0.996. The molecule has 0 aliphatic carbocycles. The molecule has 0 aliphatic heterocycles. The summed E-state index contributed by atoms with van der Waals surface area (Å²) in [6.45, 7) is 3.48. The summed E-state index contributed by atoms with van der Waals surface area (Å²) in [4.78, 5) is 0. The summed E-state index contributed by atoms with van der Waals surface area (Å²) in [5, 5.41) is 0. The van der Waals surface area contributed by atoms with Crippen LogP contribution in [0.25, 0.3) is 0 Å². The Labute approximate surface area is 50.1 Å². The van der Waals surface area contributed by atoms with Gasteiger partial charge in [-0.25, -0.2) is 0 Å². The van der Waals surface area contributed by atoms with Crippen molar-refractivity contribution in [2.75, 3.05) is 14.2 Å². The van der Waals surface area contributed by atoms with Crippen LogP contribution in [-0.4, -0.2) is 20.5 Å². The van der Waals surface area contributed by atoms with Crippen molar-refractivity contribution >= 4 is 0 Å². The smallest absolute Gasteiger partial charge is 0.176 e. The van der Waals surface area contributed by atoms with Crippen molar-refractivity contribution in [3.05, 3.63) is 19.1 Å². The lowest BCUT2D eigenvalue weighted by Gasteiger charge is -2.05. The standard InChI is InChI=1S/C6H11O2/c1-4-5-6(7-2)8-3/h4-6H,1H2,2-3H3. The van der Waals surface area contributed by atoms with E-state index in [0.717, 1.165) is 0 Å². The number of hydrogen-bond donors (Lipinski definition) is 0. The van der Waals surface area contributed by atoms with Crippen molar-refractivity contribution in [3.8, 4) is 0 Å². The molecule has 47 valence electrons. The third kappa shape index (κ3) is 2.77. The van der Waals surface area contributed by atoms with E-state index in [1.807, 2.05) is 0 Å². The van der Waals surface area contributed by atoms with Crippen LogP contribution < -0.4 is 0 Å². The number of methoxy groups -OCH3 is 2. The van der Waals surface area contributed by atoms with E-state index >= 15 is 0 Å². The third-order valence-corrected chi connectivity index (χ3v) is 0.758. The van der Waals surface area contributed by atoms with E-state index < -0.39 is 0 Å². The lowest BCUT2D eigenvalue weighted by atomic mass is 10.5. The SMILES string of the molecule is [CH2]C=CC(OC)OC. The summed E-state index contributed by atoms with van der Waals surface area (Å²) >= 11 is 0. The van der Waals surface area contributed by atoms with Crippen molar-refractivity contribution in [2.24, 2.45) is 0 Å². The normalized spacial score (nSPS) is 11.5. The highest BCUT2D eigenvalue weighted by molar-refractivity contribution is 4.86. The van der Waals surface area contributed by atoms with Crippen molar-refractivity contribution in [2.45, 2.75) is 6.29 Å². The van der Waals surface area contributed by atoms with Gasteiger partial charge in [-0.05, 0) is 13.0 Å². The fourth-order valence-electron chi connectivity index (χ4n) is 0.364. The molecule has 0 rings (SSSR count). The van der Waals surface area contributed by atoms with E-state index in [2.05, 4.69) is 6.92 Å². The van der Waals surface area contributed by atoms with Gasteiger partial charge in [-0.2, -0.15) is 0 Å². The molecule has 0 unspecified atom stereocenters. The molecule has 0 atom stereocenters. The minimum Gasteiger partial charge on any atom is -0.352 e. The van der Waals surface area contributed by atoms with E-state index in [9.17, 15) is 0 Å². The molecule has 0 heterocycles. The second-order valence-corrected chi connectivity index (χ2v) is 1.27. The average molecular weight is 115 g/mol. The first-order chi connectivity index (χ1) is 3.85. The van der Waals surface area contributed by atoms with Crippen LogP contribution in [0.3, 0.4) is 0 Å². The minimum absolute atomic E-state index is 0.243. The molecule has 0 aromatic rings. The lowest BCUT2D eigenvalue weighted by molar-refractivity contribution is -0.0666. The Morgan fingerprint density at radius 2 is 1.88 bits per heavy atom. The Bertz CT molecular complexity index is 64.9. The quantitative estimate of drug-likeness (QED) is 0.511. The van der Waals surface area contributed by atoms with Crippen molar-refractivity contribution in [1.29, 1.82) is 0 Å². The van der Waals surface area contributed by atoms with Gasteiger partial charge in [0.2, 0.25) is 0 Å². The number of rotatable bonds is 3. The molecule has 0 fully saturated rings. The molecule has 8 heavy (non-hydrogen) atoms. The maximum Gasteiger partial charge on any atom is 0.176 e. The van der Waals surface area contributed by atoms with Crippen molar-refractivity contribution in [1.82, 2.24) is 0 Å². The Balaban J connectivity index is 3.36. The van der Waals surface area contributed by atoms with Crippen LogP contribution in [-0.2, 0) is 9.47 Å². The van der Waals surface area contributed by atoms with Crippen LogP contribution in [0, 0.1) is 6.92 Å². The fraction of sp³-hybridized carbons (Fsp3) is 0.500. The molecule has 0 saturated carbocycles. The predicted molar refractivity (Wildman–Crippen MR) is 32.3 cm³/mol. The van der Waals surface area contributed by atoms with E-state index in [1.165, 1.54) is 0 Å². The molecular weight excluding hydrogens is 104 g/mol. The maximum atomic E-state index is 4.79. The lowest BCUT2D eigenvalue weighted by Crippen LogP contribution is -2.07. The molecule has 2 heteroatoms. The molecule has 0 aliphatic rings. The Kier molecular flexibility index (Phi) is 4.61. The maximum absolute atomic E-state index is 4.79. The van der Waals surface area contributed by atoms with Crippen LogP contribution in [0.4, 0.5) is 0 Å². The van der Waals surface area contributed by atoms with Gasteiger partial charge in [0.1, 0.15) is 0 Å². The van der Waals surface area contributed by atoms with Crippen LogP contribution >= 0.6 is 0 Å². The minimum atomic E-state index is -0.243. The highest BCUT2D eigenvalue weighted by Crippen LogP contribution is 1.90. The highest BCUT2D eigenvalue weighted by atomic mass is 16.7. The summed E-state index contributed by atoms with van der Waals surface area (Å²) < 4.78 is 9.58. The van der Waals surface area contributed by atoms with Crippen LogP contribution in [0.5, 0.6) is 0 Å². The molecule has 0 saturated heterocycles. The average Bonchev–Trinajstić information content (AvgIpc) is 1.83. The van der Waals surface area contributed by atoms with E-state index in [-0.39, 0.29) is 6.29 Å². The molecule has 1 radical (unpaired) electrons. The number of hydrogen-bond acceptors (Lipinski definition) is 2. The first-order valence-electron chi connectivity index (χ1n) is 2.36. The van der Waals surface area contributed by atoms with Gasteiger partial charge in [-0.3, -0.25) is 0 Å². The summed E-state index contributed by atoms with van der Waals surface area (Å²) in [6.07, 6.45) is 3.12. The zero-order chi connectivity index (χ0) is 6.41. The summed E-state index contributed by atoms with van der Waals surface area (Å²) in [7, 11) is 3.16. The molecule has 0 spiro atoms. The third-order valence-electron chi connectivity index (χ3n) is 0.758. The first-order valence-corrected chi connectivity index (χ1v) is 2.36. The molecular formula is C6H11O2. The largest absolute Gasteiger partial charge is 0.352 e.